The number of benzene rings is 2. The second-order valence-electron chi connectivity index (χ2n) is 6.28. The van der Waals surface area contributed by atoms with Gasteiger partial charge in [-0.25, -0.2) is 0 Å². The van der Waals surface area contributed by atoms with E-state index in [0.717, 1.165) is 22.2 Å². The molecule has 2 aromatic carbocycles. The monoisotopic (exact) mass is 459 g/mol. The van der Waals surface area contributed by atoms with Gasteiger partial charge in [0.1, 0.15) is 0 Å². The van der Waals surface area contributed by atoms with Gasteiger partial charge in [0, 0.05) is 10.0 Å². The Kier molecular flexibility index (Phi) is 4.99. The van der Waals surface area contributed by atoms with Crippen molar-refractivity contribution >= 4 is 50.7 Å². The number of aryl methyl sites for hydroxylation is 1. The number of rotatable bonds is 4. The maximum absolute atomic E-state index is 12.7. The van der Waals surface area contributed by atoms with E-state index in [1.165, 1.54) is 0 Å². The maximum Gasteiger partial charge on any atom is 0.293 e. The minimum atomic E-state index is -0.486. The number of imide groups is 1. The molecule has 0 atom stereocenters. The largest absolute Gasteiger partial charge is 0.454 e. The predicted molar refractivity (Wildman–Crippen MR) is 108 cm³/mol. The van der Waals surface area contributed by atoms with Gasteiger partial charge in [0.15, 0.2) is 17.3 Å². The van der Waals surface area contributed by atoms with Crippen LogP contribution in [0.3, 0.4) is 0 Å². The van der Waals surface area contributed by atoms with Gasteiger partial charge < -0.3 is 9.47 Å². The molecule has 2 aliphatic rings. The molecule has 2 amide bonds. The number of carbonyl (C=O) groups excluding carboxylic acids is 3. The fourth-order valence-corrected chi connectivity index (χ4v) is 4.06. The molecule has 4 rings (SSSR count). The number of fused-ring (bicyclic) bond motifs is 1. The minimum Gasteiger partial charge on any atom is -0.454 e. The first-order chi connectivity index (χ1) is 13.4. The second-order valence-corrected chi connectivity index (χ2v) is 8.13. The molecule has 0 bridgehead atoms. The smallest absolute Gasteiger partial charge is 0.293 e. The number of thioether (sulfide) groups is 1. The van der Waals surface area contributed by atoms with E-state index in [0.29, 0.717) is 27.1 Å². The van der Waals surface area contributed by atoms with E-state index in [4.69, 9.17) is 9.47 Å². The van der Waals surface area contributed by atoms with Crippen LogP contribution in [0.5, 0.6) is 11.5 Å². The molecule has 2 aliphatic heterocycles. The van der Waals surface area contributed by atoms with Crippen LogP contribution in [0.2, 0.25) is 0 Å². The Bertz CT molecular complexity index is 1030. The first-order valence-corrected chi connectivity index (χ1v) is 9.98. The molecule has 0 aromatic heterocycles. The molecule has 0 aliphatic carbocycles. The Hall–Kier alpha value is -2.58. The van der Waals surface area contributed by atoms with Crippen molar-refractivity contribution in [2.75, 3.05) is 13.3 Å². The normalized spacial score (nSPS) is 16.9. The van der Waals surface area contributed by atoms with Crippen LogP contribution >= 0.6 is 27.7 Å². The molecule has 6 nitrogen and oxygen atoms in total. The molecule has 28 heavy (non-hydrogen) atoms. The molecular weight excluding hydrogens is 446 g/mol. The molecule has 142 valence electrons. The quantitative estimate of drug-likeness (QED) is 0.498. The van der Waals surface area contributed by atoms with Gasteiger partial charge in [0.05, 0.1) is 11.4 Å². The average Bonchev–Trinajstić information content (AvgIpc) is 3.22. The third kappa shape index (κ3) is 3.57. The third-order valence-electron chi connectivity index (χ3n) is 4.33. The number of Topliss-reactive ketones (excluding diaryl/α,β-unsaturated/α-hetero) is 1. The van der Waals surface area contributed by atoms with E-state index in [9.17, 15) is 14.4 Å². The van der Waals surface area contributed by atoms with Gasteiger partial charge in [-0.15, -0.1) is 0 Å². The van der Waals surface area contributed by atoms with E-state index in [1.807, 2.05) is 19.1 Å². The molecule has 0 saturated carbocycles. The fraction of sp³-hybridized carbons (Fsp3) is 0.150. The van der Waals surface area contributed by atoms with Crippen molar-refractivity contribution in [1.29, 1.82) is 0 Å². The van der Waals surface area contributed by atoms with Crippen LogP contribution < -0.4 is 9.47 Å². The molecule has 0 radical (unpaired) electrons. The molecule has 0 spiro atoms. The summed E-state index contributed by atoms with van der Waals surface area (Å²) in [5.74, 6) is 0.414. The molecule has 1 fully saturated rings. The molecule has 1 saturated heterocycles. The van der Waals surface area contributed by atoms with E-state index in [1.54, 1.807) is 30.3 Å². The van der Waals surface area contributed by atoms with Gasteiger partial charge in [0.25, 0.3) is 11.1 Å². The lowest BCUT2D eigenvalue weighted by atomic mass is 10.1. The summed E-state index contributed by atoms with van der Waals surface area (Å²) in [6.07, 6.45) is 1.60. The number of hydrogen-bond donors (Lipinski definition) is 0. The summed E-state index contributed by atoms with van der Waals surface area (Å²) in [6, 6.07) is 10.5. The maximum atomic E-state index is 12.7. The van der Waals surface area contributed by atoms with Crippen molar-refractivity contribution in [3.05, 3.63) is 62.5 Å². The van der Waals surface area contributed by atoms with Crippen molar-refractivity contribution in [2.45, 2.75) is 6.92 Å². The van der Waals surface area contributed by atoms with Crippen LogP contribution in [0, 0.1) is 6.92 Å². The van der Waals surface area contributed by atoms with Crippen molar-refractivity contribution in [3.63, 3.8) is 0 Å². The molecule has 0 N–H and O–H groups in total. The standard InChI is InChI=1S/C20H14BrNO5S/c1-11-2-4-12(5-3-11)15(23)9-22-19(24)18(28-20(22)25)7-13-6-16-17(8-14(13)21)27-10-26-16/h2-8H,9-10H2,1H3/b18-7+. The predicted octanol–water partition coefficient (Wildman–Crippen LogP) is 4.41. The van der Waals surface area contributed by atoms with Crippen LogP contribution in [0.15, 0.2) is 45.8 Å². The van der Waals surface area contributed by atoms with Crippen molar-refractivity contribution in [2.24, 2.45) is 0 Å². The zero-order chi connectivity index (χ0) is 19.8. The van der Waals surface area contributed by atoms with Crippen LogP contribution in [0.25, 0.3) is 6.08 Å². The van der Waals surface area contributed by atoms with E-state index in [2.05, 4.69) is 15.9 Å². The number of nitrogens with zero attached hydrogens (tertiary/aromatic N) is 1. The fourth-order valence-electron chi connectivity index (χ4n) is 2.80. The first kappa shape index (κ1) is 18.8. The second kappa shape index (κ2) is 7.44. The summed E-state index contributed by atoms with van der Waals surface area (Å²) in [5.41, 5.74) is 2.17. The Labute approximate surface area is 173 Å². The first-order valence-electron chi connectivity index (χ1n) is 8.37. The van der Waals surface area contributed by atoms with Gasteiger partial charge in [-0.05, 0) is 42.5 Å². The zero-order valence-electron chi connectivity index (χ0n) is 14.7. The van der Waals surface area contributed by atoms with Crippen molar-refractivity contribution < 1.29 is 23.9 Å². The van der Waals surface area contributed by atoms with Gasteiger partial charge in [-0.2, -0.15) is 0 Å². The minimum absolute atomic E-state index is 0.142. The van der Waals surface area contributed by atoms with Crippen molar-refractivity contribution in [3.8, 4) is 11.5 Å². The zero-order valence-corrected chi connectivity index (χ0v) is 17.1. The summed E-state index contributed by atoms with van der Waals surface area (Å²) in [6.45, 7) is 1.78. The van der Waals surface area contributed by atoms with Crippen LogP contribution in [-0.2, 0) is 4.79 Å². The highest BCUT2D eigenvalue weighted by Gasteiger charge is 2.36. The molecular formula is C20H14BrNO5S. The topological polar surface area (TPSA) is 72.9 Å². The number of hydrogen-bond acceptors (Lipinski definition) is 6. The Morgan fingerprint density at radius 1 is 1.18 bits per heavy atom. The highest BCUT2D eigenvalue weighted by molar-refractivity contribution is 9.10. The number of amides is 2. The molecule has 2 aromatic rings. The van der Waals surface area contributed by atoms with E-state index >= 15 is 0 Å². The lowest BCUT2D eigenvalue weighted by Gasteiger charge is -2.11. The van der Waals surface area contributed by atoms with Crippen LogP contribution in [0.1, 0.15) is 21.5 Å². The number of ether oxygens (including phenoxy) is 2. The Morgan fingerprint density at radius 3 is 2.57 bits per heavy atom. The number of halogens is 1. The number of ketones is 1. The highest BCUT2D eigenvalue weighted by Crippen LogP contribution is 2.39. The summed E-state index contributed by atoms with van der Waals surface area (Å²) in [4.78, 5) is 38.6. The van der Waals surface area contributed by atoms with E-state index < -0.39 is 11.1 Å². The lowest BCUT2D eigenvalue weighted by molar-refractivity contribution is -0.122. The van der Waals surface area contributed by atoms with Crippen molar-refractivity contribution in [1.82, 2.24) is 4.90 Å². The van der Waals surface area contributed by atoms with Gasteiger partial charge in [-0.3, -0.25) is 19.3 Å². The summed E-state index contributed by atoms with van der Waals surface area (Å²) in [7, 11) is 0. The van der Waals surface area contributed by atoms with Gasteiger partial charge in [-0.1, -0.05) is 45.8 Å². The summed E-state index contributed by atoms with van der Waals surface area (Å²) < 4.78 is 11.4. The average molecular weight is 460 g/mol. The SMILES string of the molecule is Cc1ccc(C(=O)CN2C(=O)S/C(=C/c3cc4c(cc3Br)OCO4)C2=O)cc1. The van der Waals surface area contributed by atoms with E-state index in [-0.39, 0.29) is 24.0 Å². The van der Waals surface area contributed by atoms with Gasteiger partial charge >= 0.3 is 0 Å². The summed E-state index contributed by atoms with van der Waals surface area (Å²) >= 11 is 4.24. The summed E-state index contributed by atoms with van der Waals surface area (Å²) in [5, 5.41) is -0.464. The Morgan fingerprint density at radius 2 is 1.86 bits per heavy atom. The van der Waals surface area contributed by atoms with Crippen LogP contribution in [0.4, 0.5) is 4.79 Å². The highest BCUT2D eigenvalue weighted by atomic mass is 79.9. The van der Waals surface area contributed by atoms with Crippen LogP contribution in [-0.4, -0.2) is 35.2 Å². The molecule has 8 heteroatoms. The van der Waals surface area contributed by atoms with Gasteiger partial charge in [0.2, 0.25) is 6.79 Å². The lowest BCUT2D eigenvalue weighted by Crippen LogP contribution is -2.33. The third-order valence-corrected chi connectivity index (χ3v) is 5.92. The molecule has 0 unspecified atom stereocenters. The molecule has 2 heterocycles. The Balaban J connectivity index is 1.55. The number of carbonyl (C=O) groups is 3.